The van der Waals surface area contributed by atoms with E-state index in [-0.39, 0.29) is 6.10 Å². The van der Waals surface area contributed by atoms with E-state index in [2.05, 4.69) is 19.9 Å². The van der Waals surface area contributed by atoms with Crippen LogP contribution in [-0.4, -0.2) is 48.4 Å². The molecule has 3 heterocycles. The van der Waals surface area contributed by atoms with Gasteiger partial charge in [-0.15, -0.1) is 0 Å². The van der Waals surface area contributed by atoms with Gasteiger partial charge >= 0.3 is 0 Å². The van der Waals surface area contributed by atoms with Gasteiger partial charge in [-0.25, -0.2) is 9.97 Å². The third-order valence-electron chi connectivity index (χ3n) is 5.44. The second kappa shape index (κ2) is 7.67. The SMILES string of the molecule is COc1cc2ncnc(N3CCC(Oc4ccc5ncccc5c4)C3)c2cc1OC. The first-order valence-corrected chi connectivity index (χ1v) is 9.88. The van der Waals surface area contributed by atoms with Crippen LogP contribution in [0.1, 0.15) is 6.42 Å². The molecule has 152 valence electrons. The minimum atomic E-state index is 0.0873. The zero-order chi connectivity index (χ0) is 20.5. The molecule has 0 aliphatic carbocycles. The molecule has 2 aromatic heterocycles. The summed E-state index contributed by atoms with van der Waals surface area (Å²) >= 11 is 0. The van der Waals surface area contributed by atoms with Crippen molar-refractivity contribution in [1.29, 1.82) is 0 Å². The monoisotopic (exact) mass is 402 g/mol. The average molecular weight is 402 g/mol. The molecule has 2 aromatic carbocycles. The Morgan fingerprint density at radius 3 is 2.67 bits per heavy atom. The molecule has 0 amide bonds. The van der Waals surface area contributed by atoms with E-state index in [1.54, 1.807) is 26.7 Å². The minimum absolute atomic E-state index is 0.0873. The third-order valence-corrected chi connectivity index (χ3v) is 5.44. The largest absolute Gasteiger partial charge is 0.493 e. The van der Waals surface area contributed by atoms with Crippen LogP contribution in [0.4, 0.5) is 5.82 Å². The maximum Gasteiger partial charge on any atom is 0.162 e. The number of hydrogen-bond acceptors (Lipinski definition) is 7. The Balaban J connectivity index is 1.39. The lowest BCUT2D eigenvalue weighted by molar-refractivity contribution is 0.225. The van der Waals surface area contributed by atoms with E-state index in [1.807, 2.05) is 42.5 Å². The first-order chi connectivity index (χ1) is 14.7. The number of methoxy groups -OCH3 is 2. The Bertz CT molecular complexity index is 1210. The second-order valence-corrected chi connectivity index (χ2v) is 7.25. The number of nitrogens with zero attached hydrogens (tertiary/aromatic N) is 4. The molecule has 1 aliphatic heterocycles. The minimum Gasteiger partial charge on any atom is -0.493 e. The van der Waals surface area contributed by atoms with Crippen LogP contribution >= 0.6 is 0 Å². The summed E-state index contributed by atoms with van der Waals surface area (Å²) in [4.78, 5) is 15.6. The van der Waals surface area contributed by atoms with Crippen LogP contribution in [-0.2, 0) is 0 Å². The van der Waals surface area contributed by atoms with E-state index in [9.17, 15) is 0 Å². The van der Waals surface area contributed by atoms with Crippen LogP contribution in [0.3, 0.4) is 0 Å². The van der Waals surface area contributed by atoms with Gasteiger partial charge in [0.2, 0.25) is 0 Å². The highest BCUT2D eigenvalue weighted by molar-refractivity contribution is 5.92. The maximum absolute atomic E-state index is 6.27. The highest BCUT2D eigenvalue weighted by Crippen LogP contribution is 2.35. The van der Waals surface area contributed by atoms with Crippen LogP contribution in [0.15, 0.2) is 55.0 Å². The summed E-state index contributed by atoms with van der Waals surface area (Å²) in [6, 6.07) is 13.8. The van der Waals surface area contributed by atoms with E-state index in [4.69, 9.17) is 14.2 Å². The number of aromatic nitrogens is 3. The lowest BCUT2D eigenvalue weighted by atomic mass is 10.2. The fraction of sp³-hybridized carbons (Fsp3) is 0.261. The van der Waals surface area contributed by atoms with Gasteiger partial charge in [0.1, 0.15) is 24.0 Å². The Morgan fingerprint density at radius 1 is 0.933 bits per heavy atom. The molecule has 1 unspecified atom stereocenters. The molecule has 0 radical (unpaired) electrons. The number of hydrogen-bond donors (Lipinski definition) is 0. The molecular weight excluding hydrogens is 380 g/mol. The van der Waals surface area contributed by atoms with E-state index < -0.39 is 0 Å². The molecule has 1 atom stereocenters. The molecule has 1 aliphatic rings. The van der Waals surface area contributed by atoms with Crippen LogP contribution in [0.25, 0.3) is 21.8 Å². The van der Waals surface area contributed by atoms with Crippen molar-refractivity contribution in [1.82, 2.24) is 15.0 Å². The molecule has 30 heavy (non-hydrogen) atoms. The molecule has 0 saturated carbocycles. The average Bonchev–Trinajstić information content (AvgIpc) is 3.25. The lowest BCUT2D eigenvalue weighted by Crippen LogP contribution is -2.25. The lowest BCUT2D eigenvalue weighted by Gasteiger charge is -2.20. The van der Waals surface area contributed by atoms with Gasteiger partial charge in [-0.2, -0.15) is 0 Å². The zero-order valence-electron chi connectivity index (χ0n) is 16.9. The molecule has 5 rings (SSSR count). The third kappa shape index (κ3) is 3.32. The van der Waals surface area contributed by atoms with Crippen molar-refractivity contribution in [2.75, 3.05) is 32.2 Å². The van der Waals surface area contributed by atoms with Gasteiger partial charge in [0.15, 0.2) is 11.5 Å². The standard InChI is InChI=1S/C23H22N4O3/c1-28-21-11-18-20(12-22(21)29-2)25-14-26-23(18)27-9-7-17(13-27)30-16-5-6-19-15(10-16)4-3-8-24-19/h3-6,8,10-12,14,17H,7,9,13H2,1-2H3. The Kier molecular flexibility index (Phi) is 4.71. The first-order valence-electron chi connectivity index (χ1n) is 9.88. The van der Waals surface area contributed by atoms with Crippen molar-refractivity contribution in [3.8, 4) is 17.2 Å². The van der Waals surface area contributed by atoms with Gasteiger partial charge in [0, 0.05) is 36.0 Å². The van der Waals surface area contributed by atoms with Crippen LogP contribution in [0.2, 0.25) is 0 Å². The van der Waals surface area contributed by atoms with Crippen molar-refractivity contribution in [2.45, 2.75) is 12.5 Å². The highest BCUT2D eigenvalue weighted by Gasteiger charge is 2.27. The van der Waals surface area contributed by atoms with Crippen molar-refractivity contribution in [3.63, 3.8) is 0 Å². The summed E-state index contributed by atoms with van der Waals surface area (Å²) in [5, 5.41) is 2.01. The van der Waals surface area contributed by atoms with Gasteiger partial charge in [-0.3, -0.25) is 4.98 Å². The number of pyridine rings is 1. The van der Waals surface area contributed by atoms with Gasteiger partial charge in [-0.05, 0) is 30.3 Å². The molecule has 7 nitrogen and oxygen atoms in total. The van der Waals surface area contributed by atoms with Crippen LogP contribution in [0, 0.1) is 0 Å². The number of fused-ring (bicyclic) bond motifs is 2. The van der Waals surface area contributed by atoms with Crippen LogP contribution < -0.4 is 19.1 Å². The molecule has 1 fully saturated rings. The Labute approximate surface area is 174 Å². The Morgan fingerprint density at radius 2 is 1.80 bits per heavy atom. The predicted octanol–water partition coefficient (Wildman–Crippen LogP) is 3.85. The smallest absolute Gasteiger partial charge is 0.162 e. The molecule has 0 spiro atoms. The molecule has 0 N–H and O–H groups in total. The van der Waals surface area contributed by atoms with Gasteiger partial charge in [0.05, 0.1) is 31.8 Å². The topological polar surface area (TPSA) is 69.6 Å². The van der Waals surface area contributed by atoms with Crippen molar-refractivity contribution in [3.05, 3.63) is 55.0 Å². The van der Waals surface area contributed by atoms with Crippen molar-refractivity contribution < 1.29 is 14.2 Å². The number of rotatable bonds is 5. The van der Waals surface area contributed by atoms with Crippen molar-refractivity contribution in [2.24, 2.45) is 0 Å². The fourth-order valence-corrected chi connectivity index (χ4v) is 3.96. The molecular formula is C23H22N4O3. The quantitative estimate of drug-likeness (QED) is 0.502. The van der Waals surface area contributed by atoms with Gasteiger partial charge in [0.25, 0.3) is 0 Å². The first kappa shape index (κ1) is 18.4. The maximum atomic E-state index is 6.27. The van der Waals surface area contributed by atoms with Crippen molar-refractivity contribution >= 4 is 27.6 Å². The second-order valence-electron chi connectivity index (χ2n) is 7.25. The summed E-state index contributed by atoms with van der Waals surface area (Å²) in [6.07, 6.45) is 4.40. The van der Waals surface area contributed by atoms with Gasteiger partial charge in [-0.1, -0.05) is 6.07 Å². The molecule has 0 bridgehead atoms. The predicted molar refractivity (Wildman–Crippen MR) is 116 cm³/mol. The normalized spacial score (nSPS) is 16.2. The summed E-state index contributed by atoms with van der Waals surface area (Å²) in [5.74, 6) is 3.07. The van der Waals surface area contributed by atoms with E-state index >= 15 is 0 Å². The molecule has 7 heteroatoms. The fourth-order valence-electron chi connectivity index (χ4n) is 3.96. The highest BCUT2D eigenvalue weighted by atomic mass is 16.5. The zero-order valence-corrected chi connectivity index (χ0v) is 16.9. The van der Waals surface area contributed by atoms with E-state index in [0.717, 1.165) is 52.9 Å². The van der Waals surface area contributed by atoms with E-state index in [0.29, 0.717) is 11.5 Å². The van der Waals surface area contributed by atoms with E-state index in [1.165, 1.54) is 0 Å². The number of benzene rings is 2. The summed E-state index contributed by atoms with van der Waals surface area (Å²) in [5.41, 5.74) is 1.79. The van der Waals surface area contributed by atoms with Crippen LogP contribution in [0.5, 0.6) is 17.2 Å². The summed E-state index contributed by atoms with van der Waals surface area (Å²) in [7, 11) is 3.25. The Hall–Kier alpha value is -3.61. The summed E-state index contributed by atoms with van der Waals surface area (Å²) in [6.45, 7) is 1.62. The van der Waals surface area contributed by atoms with Gasteiger partial charge < -0.3 is 19.1 Å². The molecule has 4 aromatic rings. The number of ether oxygens (including phenoxy) is 3. The summed E-state index contributed by atoms with van der Waals surface area (Å²) < 4.78 is 17.1. The molecule has 1 saturated heterocycles. The number of anilines is 1.